The molecular formula is C21H21F4N3O4. The van der Waals surface area contributed by atoms with E-state index < -0.39 is 53.5 Å². The third-order valence-corrected chi connectivity index (χ3v) is 5.54. The van der Waals surface area contributed by atoms with Crippen LogP contribution in [0.15, 0.2) is 24.3 Å². The molecule has 0 unspecified atom stereocenters. The Morgan fingerprint density at radius 1 is 1.28 bits per heavy atom. The molecule has 11 heteroatoms. The zero-order valence-electron chi connectivity index (χ0n) is 16.8. The summed E-state index contributed by atoms with van der Waals surface area (Å²) in [5, 5.41) is 2.43. The van der Waals surface area contributed by atoms with Crippen molar-refractivity contribution in [3.8, 4) is 18.1 Å². The van der Waals surface area contributed by atoms with Crippen LogP contribution < -0.4 is 15.8 Å². The number of primary amides is 1. The van der Waals surface area contributed by atoms with Gasteiger partial charge in [0.25, 0.3) is 0 Å². The van der Waals surface area contributed by atoms with Crippen molar-refractivity contribution in [2.24, 2.45) is 5.73 Å². The van der Waals surface area contributed by atoms with Gasteiger partial charge in [0.15, 0.2) is 0 Å². The third-order valence-electron chi connectivity index (χ3n) is 5.54. The minimum Gasteiger partial charge on any atom is -0.406 e. The molecule has 0 bridgehead atoms. The van der Waals surface area contributed by atoms with Crippen molar-refractivity contribution in [1.82, 2.24) is 10.2 Å². The van der Waals surface area contributed by atoms with Gasteiger partial charge in [-0.15, -0.1) is 19.6 Å². The maximum absolute atomic E-state index is 14.2. The minimum atomic E-state index is -4.84. The van der Waals surface area contributed by atoms with E-state index in [9.17, 15) is 31.9 Å². The number of ether oxygens (including phenoxy) is 1. The van der Waals surface area contributed by atoms with Crippen LogP contribution in [0.3, 0.4) is 0 Å². The highest BCUT2D eigenvalue weighted by Gasteiger charge is 2.56. The van der Waals surface area contributed by atoms with E-state index in [2.05, 4.69) is 16.0 Å². The van der Waals surface area contributed by atoms with Crippen LogP contribution >= 0.6 is 0 Å². The molecule has 32 heavy (non-hydrogen) atoms. The number of carbonyl (C=O) groups excluding carboxylic acids is 3. The van der Waals surface area contributed by atoms with Gasteiger partial charge in [-0.25, -0.2) is 4.39 Å². The average Bonchev–Trinajstić information content (AvgIpc) is 3.41. The quantitative estimate of drug-likeness (QED) is 0.481. The maximum atomic E-state index is 14.2. The summed E-state index contributed by atoms with van der Waals surface area (Å²) < 4.78 is 55.1. The summed E-state index contributed by atoms with van der Waals surface area (Å²) in [6, 6.07) is 2.78. The van der Waals surface area contributed by atoms with E-state index in [-0.39, 0.29) is 19.4 Å². The van der Waals surface area contributed by atoms with E-state index in [1.165, 1.54) is 12.1 Å². The summed E-state index contributed by atoms with van der Waals surface area (Å²) in [6.45, 7) is -0.301. The second-order valence-electron chi connectivity index (χ2n) is 7.86. The molecule has 7 nitrogen and oxygen atoms in total. The first kappa shape index (κ1) is 23.4. The Balaban J connectivity index is 1.75. The fourth-order valence-corrected chi connectivity index (χ4v) is 3.88. The Morgan fingerprint density at radius 3 is 2.41 bits per heavy atom. The number of carbonyl (C=O) groups is 3. The zero-order chi connectivity index (χ0) is 23.7. The first-order chi connectivity index (χ1) is 14.9. The van der Waals surface area contributed by atoms with Crippen molar-refractivity contribution in [3.63, 3.8) is 0 Å². The summed E-state index contributed by atoms with van der Waals surface area (Å²) >= 11 is 0. The van der Waals surface area contributed by atoms with E-state index in [0.717, 1.165) is 17.0 Å². The van der Waals surface area contributed by atoms with E-state index in [1.807, 2.05) is 0 Å². The van der Waals surface area contributed by atoms with E-state index >= 15 is 0 Å². The molecule has 1 aliphatic heterocycles. The van der Waals surface area contributed by atoms with Gasteiger partial charge in [-0.05, 0) is 30.5 Å². The minimum absolute atomic E-state index is 0.236. The van der Waals surface area contributed by atoms with Gasteiger partial charge in [-0.2, -0.15) is 0 Å². The Bertz CT molecular complexity index is 938. The second kappa shape index (κ2) is 8.68. The molecule has 1 aliphatic carbocycles. The predicted octanol–water partition coefficient (Wildman–Crippen LogP) is 1.55. The molecule has 0 radical (unpaired) electrons. The number of hydrogen-bond donors (Lipinski definition) is 2. The fourth-order valence-electron chi connectivity index (χ4n) is 3.88. The standard InChI is InChI=1S/C21H21F4N3O4/c1-2-14(10-17(26)29)27-18(30)16-9-13(22)11-28(16)19(31)20(7-8-20)12-3-5-15(6-4-12)32-21(23,24)25/h1,3-6,13-14,16H,7-11H2,(H2,26,29)(H,27,30)/t13-,14-,16+/m1/s1. The number of amides is 3. The van der Waals surface area contributed by atoms with Crippen LogP contribution in [-0.4, -0.2) is 53.8 Å². The van der Waals surface area contributed by atoms with Gasteiger partial charge < -0.3 is 20.7 Å². The molecule has 1 saturated carbocycles. The number of alkyl halides is 4. The van der Waals surface area contributed by atoms with Crippen LogP contribution in [0.1, 0.15) is 31.2 Å². The first-order valence-electron chi connectivity index (χ1n) is 9.81. The number of halogens is 4. The number of likely N-dealkylation sites (tertiary alicyclic amines) is 1. The smallest absolute Gasteiger partial charge is 0.406 e. The summed E-state index contributed by atoms with van der Waals surface area (Å²) in [6.07, 6.45) is -0.725. The lowest BCUT2D eigenvalue weighted by Crippen LogP contribution is -2.51. The number of rotatable bonds is 7. The van der Waals surface area contributed by atoms with Crippen molar-refractivity contribution in [2.45, 2.75) is 55.7 Å². The lowest BCUT2D eigenvalue weighted by Gasteiger charge is -2.29. The van der Waals surface area contributed by atoms with Crippen molar-refractivity contribution in [2.75, 3.05) is 6.54 Å². The van der Waals surface area contributed by atoms with Crippen molar-refractivity contribution in [3.05, 3.63) is 29.8 Å². The largest absolute Gasteiger partial charge is 0.573 e. The van der Waals surface area contributed by atoms with Crippen LogP contribution in [0.4, 0.5) is 17.6 Å². The lowest BCUT2D eigenvalue weighted by atomic mass is 9.93. The molecule has 1 aromatic rings. The normalized spacial score (nSPS) is 22.5. The highest BCUT2D eigenvalue weighted by atomic mass is 19.4. The van der Waals surface area contributed by atoms with Crippen molar-refractivity contribution < 1.29 is 36.7 Å². The fraction of sp³-hybridized carbons (Fsp3) is 0.476. The van der Waals surface area contributed by atoms with Crippen molar-refractivity contribution in [1.29, 1.82) is 0 Å². The Kier molecular flexibility index (Phi) is 6.34. The van der Waals surface area contributed by atoms with Gasteiger partial charge in [0.2, 0.25) is 17.7 Å². The highest BCUT2D eigenvalue weighted by molar-refractivity contribution is 5.96. The van der Waals surface area contributed by atoms with Gasteiger partial charge in [0, 0.05) is 6.42 Å². The maximum Gasteiger partial charge on any atom is 0.573 e. The lowest BCUT2D eigenvalue weighted by molar-refractivity contribution is -0.274. The molecule has 3 rings (SSSR count). The summed E-state index contributed by atoms with van der Waals surface area (Å²) in [4.78, 5) is 38.2. The summed E-state index contributed by atoms with van der Waals surface area (Å²) in [5.74, 6) is -0.142. The molecule has 3 amide bonds. The molecular weight excluding hydrogens is 434 g/mol. The van der Waals surface area contributed by atoms with E-state index in [0.29, 0.717) is 18.4 Å². The van der Waals surface area contributed by atoms with Crippen molar-refractivity contribution >= 4 is 17.7 Å². The molecule has 2 fully saturated rings. The predicted molar refractivity (Wildman–Crippen MR) is 104 cm³/mol. The first-order valence-corrected chi connectivity index (χ1v) is 9.81. The number of nitrogens with zero attached hydrogens (tertiary/aromatic N) is 1. The van der Waals surface area contributed by atoms with Crippen LogP contribution in [-0.2, 0) is 19.8 Å². The number of nitrogens with one attached hydrogen (secondary N) is 1. The number of hydrogen-bond acceptors (Lipinski definition) is 4. The van der Waals surface area contributed by atoms with Gasteiger partial charge >= 0.3 is 6.36 Å². The monoisotopic (exact) mass is 455 g/mol. The SMILES string of the molecule is C#C[C@H](CC(N)=O)NC(=O)[C@@H]1C[C@@H](F)CN1C(=O)C1(c2ccc(OC(F)(F)F)cc2)CC1. The van der Waals surface area contributed by atoms with Crippen LogP contribution in [0.2, 0.25) is 0 Å². The molecule has 1 aromatic carbocycles. The molecule has 1 saturated heterocycles. The van der Waals surface area contributed by atoms with Crippen LogP contribution in [0.5, 0.6) is 5.75 Å². The Hall–Kier alpha value is -3.29. The Morgan fingerprint density at radius 2 is 1.91 bits per heavy atom. The number of benzene rings is 1. The molecule has 2 aliphatic rings. The Labute approximate surface area is 181 Å². The van der Waals surface area contributed by atoms with Gasteiger partial charge in [0.1, 0.15) is 18.0 Å². The second-order valence-corrected chi connectivity index (χ2v) is 7.86. The number of nitrogens with two attached hydrogens (primary N) is 1. The molecule has 0 aromatic heterocycles. The molecule has 3 N–H and O–H groups in total. The van der Waals surface area contributed by atoms with E-state index in [4.69, 9.17) is 12.2 Å². The van der Waals surface area contributed by atoms with Gasteiger partial charge in [-0.3, -0.25) is 14.4 Å². The topological polar surface area (TPSA) is 102 Å². The molecule has 172 valence electrons. The third kappa shape index (κ3) is 5.12. The molecule has 1 heterocycles. The average molecular weight is 455 g/mol. The molecule has 0 spiro atoms. The summed E-state index contributed by atoms with van der Waals surface area (Å²) in [7, 11) is 0. The van der Waals surface area contributed by atoms with Gasteiger partial charge in [0.05, 0.1) is 24.4 Å². The van der Waals surface area contributed by atoms with Crippen LogP contribution in [0, 0.1) is 12.3 Å². The van der Waals surface area contributed by atoms with E-state index in [1.54, 1.807) is 0 Å². The van der Waals surface area contributed by atoms with Crippen LogP contribution in [0.25, 0.3) is 0 Å². The zero-order valence-corrected chi connectivity index (χ0v) is 16.8. The summed E-state index contributed by atoms with van der Waals surface area (Å²) in [5.41, 5.74) is 4.50. The van der Waals surface area contributed by atoms with Gasteiger partial charge in [-0.1, -0.05) is 18.1 Å². The highest BCUT2D eigenvalue weighted by Crippen LogP contribution is 2.51. The number of terminal acetylenes is 1. The molecule has 3 atom stereocenters.